The molecule has 1 unspecified atom stereocenters. The van der Waals surface area contributed by atoms with Crippen molar-refractivity contribution >= 4 is 18.3 Å². The largest absolute Gasteiger partial charge is 0.460 e. The number of furan rings is 1. The fraction of sp³-hybridized carbons (Fsp3) is 0.500. The summed E-state index contributed by atoms with van der Waals surface area (Å²) in [5.41, 5.74) is 6.39. The third-order valence-corrected chi connectivity index (χ3v) is 3.54. The molecule has 2 heterocycles. The van der Waals surface area contributed by atoms with Crippen LogP contribution in [-0.2, 0) is 0 Å². The molecule has 1 atom stereocenters. The van der Waals surface area contributed by atoms with Gasteiger partial charge in [-0.25, -0.2) is 0 Å². The van der Waals surface area contributed by atoms with Gasteiger partial charge >= 0.3 is 0 Å². The zero-order valence-corrected chi connectivity index (χ0v) is 14.8. The van der Waals surface area contributed by atoms with E-state index in [4.69, 9.17) is 10.2 Å². The van der Waals surface area contributed by atoms with Crippen molar-refractivity contribution in [2.24, 2.45) is 11.7 Å². The van der Waals surface area contributed by atoms with Crippen molar-refractivity contribution in [2.75, 3.05) is 6.54 Å². The molecule has 0 saturated heterocycles. The van der Waals surface area contributed by atoms with Gasteiger partial charge in [0.1, 0.15) is 11.5 Å². The van der Waals surface area contributed by atoms with E-state index >= 15 is 0 Å². The van der Waals surface area contributed by atoms with Crippen LogP contribution in [-0.4, -0.2) is 28.2 Å². The molecule has 0 bridgehead atoms. The number of aryl methyl sites for hydroxylation is 1. The maximum absolute atomic E-state index is 12.4. The predicted molar refractivity (Wildman–Crippen MR) is 92.7 cm³/mol. The smallest absolute Gasteiger partial charge is 0.272 e. The van der Waals surface area contributed by atoms with Gasteiger partial charge in [-0.05, 0) is 38.3 Å². The molecule has 0 radical (unpaired) electrons. The highest BCUT2D eigenvalue weighted by Gasteiger charge is 2.27. The summed E-state index contributed by atoms with van der Waals surface area (Å²) in [5, 5.41) is 9.87. The fourth-order valence-corrected chi connectivity index (χ4v) is 2.57. The van der Waals surface area contributed by atoms with Crippen molar-refractivity contribution in [3.63, 3.8) is 0 Å². The minimum atomic E-state index is -0.439. The van der Waals surface area contributed by atoms with Gasteiger partial charge in [0, 0.05) is 12.6 Å². The first-order valence-electron chi connectivity index (χ1n) is 7.48. The van der Waals surface area contributed by atoms with Gasteiger partial charge in [0.2, 0.25) is 0 Å². The molecule has 7 heteroatoms. The summed E-state index contributed by atoms with van der Waals surface area (Å²) < 4.78 is 5.51. The number of rotatable bonds is 6. The molecule has 0 aromatic carbocycles. The number of carbonyl (C=O) groups excluding carboxylic acids is 1. The summed E-state index contributed by atoms with van der Waals surface area (Å²) in [4.78, 5) is 12.4. The third kappa shape index (κ3) is 4.84. The van der Waals surface area contributed by atoms with Gasteiger partial charge in [0.25, 0.3) is 5.91 Å². The Kier molecular flexibility index (Phi) is 6.41. The van der Waals surface area contributed by atoms with Crippen LogP contribution in [0.3, 0.4) is 0 Å². The zero-order valence-electron chi connectivity index (χ0n) is 14.0. The van der Waals surface area contributed by atoms with Crippen molar-refractivity contribution in [2.45, 2.75) is 39.7 Å². The lowest BCUT2D eigenvalue weighted by atomic mass is 9.90. The SMILES string of the molecule is Cc1ccc(-c2cc(C(=O)NC(C)(CN)CC(C)C)n[nH]2)o1.Cl. The van der Waals surface area contributed by atoms with Crippen LogP contribution < -0.4 is 11.1 Å². The Morgan fingerprint density at radius 1 is 1.48 bits per heavy atom. The molecule has 0 aliphatic rings. The predicted octanol–water partition coefficient (Wildman–Crippen LogP) is 2.89. The summed E-state index contributed by atoms with van der Waals surface area (Å²) in [6, 6.07) is 5.39. The van der Waals surface area contributed by atoms with Gasteiger partial charge in [-0.2, -0.15) is 5.10 Å². The lowest BCUT2D eigenvalue weighted by molar-refractivity contribution is 0.0893. The molecule has 6 nitrogen and oxygen atoms in total. The summed E-state index contributed by atoms with van der Waals surface area (Å²) in [6.07, 6.45) is 0.809. The number of carbonyl (C=O) groups is 1. The quantitative estimate of drug-likeness (QED) is 0.753. The molecule has 23 heavy (non-hydrogen) atoms. The Balaban J connectivity index is 0.00000264. The van der Waals surface area contributed by atoms with E-state index in [1.54, 1.807) is 6.07 Å². The summed E-state index contributed by atoms with van der Waals surface area (Å²) in [5.74, 6) is 1.67. The van der Waals surface area contributed by atoms with Gasteiger partial charge in [-0.15, -0.1) is 12.4 Å². The number of hydrogen-bond acceptors (Lipinski definition) is 4. The molecule has 2 rings (SSSR count). The monoisotopic (exact) mass is 340 g/mol. The van der Waals surface area contributed by atoms with E-state index in [2.05, 4.69) is 29.4 Å². The molecule has 0 saturated carbocycles. The second kappa shape index (κ2) is 7.66. The van der Waals surface area contributed by atoms with Crippen molar-refractivity contribution in [3.8, 4) is 11.5 Å². The second-order valence-electron chi connectivity index (χ2n) is 6.39. The van der Waals surface area contributed by atoms with Crippen LogP contribution in [0.5, 0.6) is 0 Å². The standard InChI is InChI=1S/C16H24N4O2.ClH/c1-10(2)8-16(4,9-17)18-15(21)13-7-12(19-20-13)14-6-5-11(3)22-14;/h5-7,10H,8-9,17H2,1-4H3,(H,18,21)(H,19,20);1H. The number of nitrogens with two attached hydrogens (primary N) is 1. The van der Waals surface area contributed by atoms with Crippen LogP contribution in [0.1, 0.15) is 43.4 Å². The molecule has 2 aromatic rings. The number of nitrogens with zero attached hydrogens (tertiary/aromatic N) is 1. The minimum Gasteiger partial charge on any atom is -0.460 e. The van der Waals surface area contributed by atoms with E-state index in [1.165, 1.54) is 0 Å². The van der Waals surface area contributed by atoms with E-state index in [0.29, 0.717) is 29.6 Å². The second-order valence-corrected chi connectivity index (χ2v) is 6.39. The minimum absolute atomic E-state index is 0. The average molecular weight is 341 g/mol. The fourth-order valence-electron chi connectivity index (χ4n) is 2.57. The van der Waals surface area contributed by atoms with E-state index in [-0.39, 0.29) is 18.3 Å². The first-order valence-corrected chi connectivity index (χ1v) is 7.48. The molecule has 2 aromatic heterocycles. The highest BCUT2D eigenvalue weighted by atomic mass is 35.5. The van der Waals surface area contributed by atoms with Gasteiger partial charge in [0.05, 0.1) is 5.54 Å². The highest BCUT2D eigenvalue weighted by Crippen LogP contribution is 2.21. The van der Waals surface area contributed by atoms with Crippen LogP contribution in [0, 0.1) is 12.8 Å². The molecular weight excluding hydrogens is 316 g/mol. The Hall–Kier alpha value is -1.79. The number of H-pyrrole nitrogens is 1. The van der Waals surface area contributed by atoms with Gasteiger partial charge in [-0.1, -0.05) is 13.8 Å². The molecular formula is C16H25ClN4O2. The lowest BCUT2D eigenvalue weighted by Gasteiger charge is -2.30. The molecule has 0 aliphatic heterocycles. The number of aromatic nitrogens is 2. The summed E-state index contributed by atoms with van der Waals surface area (Å²) in [7, 11) is 0. The van der Waals surface area contributed by atoms with Crippen molar-refractivity contribution in [3.05, 3.63) is 29.7 Å². The van der Waals surface area contributed by atoms with Crippen molar-refractivity contribution < 1.29 is 9.21 Å². The van der Waals surface area contributed by atoms with Crippen LogP contribution >= 0.6 is 12.4 Å². The van der Waals surface area contributed by atoms with Crippen LogP contribution in [0.15, 0.2) is 22.6 Å². The number of nitrogens with one attached hydrogen (secondary N) is 2. The third-order valence-electron chi connectivity index (χ3n) is 3.54. The molecule has 4 N–H and O–H groups in total. The van der Waals surface area contributed by atoms with Crippen LogP contribution in [0.25, 0.3) is 11.5 Å². The maximum Gasteiger partial charge on any atom is 0.272 e. The van der Waals surface area contributed by atoms with Gasteiger partial charge in [0.15, 0.2) is 11.5 Å². The Morgan fingerprint density at radius 2 is 2.17 bits per heavy atom. The molecule has 1 amide bonds. The lowest BCUT2D eigenvalue weighted by Crippen LogP contribution is -2.52. The maximum atomic E-state index is 12.4. The molecule has 0 spiro atoms. The summed E-state index contributed by atoms with van der Waals surface area (Å²) >= 11 is 0. The molecule has 128 valence electrons. The molecule has 0 aliphatic carbocycles. The Labute approximate surface area is 142 Å². The topological polar surface area (TPSA) is 96.9 Å². The normalized spacial score (nSPS) is 13.5. The first-order chi connectivity index (χ1) is 10.3. The van der Waals surface area contributed by atoms with Crippen molar-refractivity contribution in [1.29, 1.82) is 0 Å². The number of hydrogen-bond donors (Lipinski definition) is 3. The first kappa shape index (κ1) is 19.3. The van der Waals surface area contributed by atoms with Gasteiger partial charge in [-0.3, -0.25) is 9.89 Å². The Bertz CT molecular complexity index is 650. The van der Waals surface area contributed by atoms with E-state index in [9.17, 15) is 4.79 Å². The van der Waals surface area contributed by atoms with Gasteiger partial charge < -0.3 is 15.5 Å². The molecule has 0 fully saturated rings. The van der Waals surface area contributed by atoms with E-state index in [1.807, 2.05) is 26.0 Å². The summed E-state index contributed by atoms with van der Waals surface area (Å²) in [6.45, 7) is 8.41. The Morgan fingerprint density at radius 3 is 2.70 bits per heavy atom. The van der Waals surface area contributed by atoms with Crippen LogP contribution in [0.4, 0.5) is 0 Å². The van der Waals surface area contributed by atoms with E-state index < -0.39 is 5.54 Å². The zero-order chi connectivity index (χ0) is 16.3. The average Bonchev–Trinajstić information content (AvgIpc) is 3.06. The number of aromatic amines is 1. The number of amides is 1. The number of halogens is 1. The highest BCUT2D eigenvalue weighted by molar-refractivity contribution is 5.93. The van der Waals surface area contributed by atoms with E-state index in [0.717, 1.165) is 12.2 Å². The van der Waals surface area contributed by atoms with Crippen molar-refractivity contribution in [1.82, 2.24) is 15.5 Å². The van der Waals surface area contributed by atoms with Crippen LogP contribution in [0.2, 0.25) is 0 Å².